The summed E-state index contributed by atoms with van der Waals surface area (Å²) in [5.74, 6) is -0.731. The molecule has 0 aromatic carbocycles. The van der Waals surface area contributed by atoms with Crippen LogP contribution in [0, 0.1) is 0 Å². The molecule has 0 amide bonds. The van der Waals surface area contributed by atoms with Crippen molar-refractivity contribution in [2.45, 2.75) is 57.0 Å². The lowest BCUT2D eigenvalue weighted by Gasteiger charge is -2.27. The van der Waals surface area contributed by atoms with Gasteiger partial charge in [-0.25, -0.2) is 4.79 Å². The molecule has 17 heavy (non-hydrogen) atoms. The molecule has 1 rings (SSSR count). The Kier molecular flexibility index (Phi) is 5.61. The number of carbonyl (C=O) groups is 1. The topological polar surface area (TPSA) is 87.0 Å². The van der Waals surface area contributed by atoms with Crippen LogP contribution in [0.3, 0.4) is 0 Å². The highest BCUT2D eigenvalue weighted by molar-refractivity contribution is 5.74. The summed E-state index contributed by atoms with van der Waals surface area (Å²) < 4.78 is 5.03. The lowest BCUT2D eigenvalue weighted by molar-refractivity contribution is -0.169. The van der Waals surface area contributed by atoms with Crippen molar-refractivity contribution in [2.75, 3.05) is 0 Å². The molecule has 0 radical (unpaired) electrons. The van der Waals surface area contributed by atoms with E-state index in [0.29, 0.717) is 19.3 Å². The predicted octanol–water partition coefficient (Wildman–Crippen LogP) is 0.131. The maximum absolute atomic E-state index is 11.5. The SMILES string of the molecule is CCC[C@H]1OC(=O)[C@H](O)CC/C=C/[C@@H](O)[C@@H]1O. The van der Waals surface area contributed by atoms with Gasteiger partial charge >= 0.3 is 5.97 Å². The van der Waals surface area contributed by atoms with Crippen molar-refractivity contribution >= 4 is 5.97 Å². The normalized spacial score (nSPS) is 37.3. The Morgan fingerprint density at radius 3 is 2.76 bits per heavy atom. The van der Waals surface area contributed by atoms with E-state index in [1.165, 1.54) is 6.08 Å². The molecule has 3 N–H and O–H groups in total. The molecule has 1 heterocycles. The Morgan fingerprint density at radius 1 is 1.41 bits per heavy atom. The fourth-order valence-electron chi connectivity index (χ4n) is 1.75. The van der Waals surface area contributed by atoms with E-state index in [9.17, 15) is 20.1 Å². The summed E-state index contributed by atoms with van der Waals surface area (Å²) in [6.45, 7) is 1.89. The molecule has 0 spiro atoms. The first-order valence-corrected chi connectivity index (χ1v) is 5.97. The Bertz CT molecular complexity index is 276. The highest BCUT2D eigenvalue weighted by atomic mass is 16.6. The number of aliphatic hydroxyl groups is 3. The van der Waals surface area contributed by atoms with Crippen LogP contribution in [-0.4, -0.2) is 45.7 Å². The number of carbonyl (C=O) groups excluding carboxylic acids is 1. The van der Waals surface area contributed by atoms with Crippen LogP contribution < -0.4 is 0 Å². The van der Waals surface area contributed by atoms with Crippen molar-refractivity contribution in [1.82, 2.24) is 0 Å². The monoisotopic (exact) mass is 244 g/mol. The number of rotatable bonds is 2. The minimum atomic E-state index is -1.17. The van der Waals surface area contributed by atoms with Crippen molar-refractivity contribution < 1.29 is 24.9 Å². The fraction of sp³-hybridized carbons (Fsp3) is 0.750. The molecular formula is C12H20O5. The molecule has 0 saturated heterocycles. The van der Waals surface area contributed by atoms with Gasteiger partial charge in [-0.15, -0.1) is 0 Å². The first-order valence-electron chi connectivity index (χ1n) is 5.97. The van der Waals surface area contributed by atoms with E-state index in [0.717, 1.165) is 0 Å². The van der Waals surface area contributed by atoms with E-state index in [4.69, 9.17) is 4.74 Å². The minimum absolute atomic E-state index is 0.261. The molecule has 98 valence electrons. The van der Waals surface area contributed by atoms with Gasteiger partial charge in [0.15, 0.2) is 6.10 Å². The molecule has 5 nitrogen and oxygen atoms in total. The van der Waals surface area contributed by atoms with Gasteiger partial charge in [0.25, 0.3) is 0 Å². The number of hydrogen-bond acceptors (Lipinski definition) is 5. The Labute approximate surface area is 101 Å². The molecule has 1 aliphatic rings. The molecule has 4 atom stereocenters. The lowest BCUT2D eigenvalue weighted by Crippen LogP contribution is -2.41. The number of esters is 1. The lowest BCUT2D eigenvalue weighted by atomic mass is 10.0. The van der Waals surface area contributed by atoms with Crippen LogP contribution in [0.2, 0.25) is 0 Å². The number of hydrogen-bond donors (Lipinski definition) is 3. The standard InChI is InChI=1S/C12H20O5/c1-2-5-10-11(15)8(13)6-3-4-7-9(14)12(16)17-10/h3,6,8-11,13-15H,2,4-5,7H2,1H3/b6-3+/t8-,9-,10-,11+/m1/s1. The highest BCUT2D eigenvalue weighted by Crippen LogP contribution is 2.16. The number of cyclic esters (lactones) is 1. The zero-order valence-electron chi connectivity index (χ0n) is 9.95. The van der Waals surface area contributed by atoms with Gasteiger partial charge in [-0.05, 0) is 19.3 Å². The largest absolute Gasteiger partial charge is 0.458 e. The van der Waals surface area contributed by atoms with Gasteiger partial charge in [-0.1, -0.05) is 25.5 Å². The van der Waals surface area contributed by atoms with E-state index < -0.39 is 30.4 Å². The third-order valence-electron chi connectivity index (χ3n) is 2.78. The second-order valence-electron chi connectivity index (χ2n) is 4.27. The van der Waals surface area contributed by atoms with Gasteiger partial charge in [0.1, 0.15) is 18.3 Å². The Hall–Kier alpha value is -0.910. The van der Waals surface area contributed by atoms with Crippen molar-refractivity contribution in [3.63, 3.8) is 0 Å². The molecule has 0 aliphatic carbocycles. The molecule has 0 fully saturated rings. The third-order valence-corrected chi connectivity index (χ3v) is 2.78. The van der Waals surface area contributed by atoms with Crippen LogP contribution in [0.15, 0.2) is 12.2 Å². The van der Waals surface area contributed by atoms with E-state index in [1.807, 2.05) is 6.92 Å². The van der Waals surface area contributed by atoms with E-state index in [2.05, 4.69) is 0 Å². The summed E-state index contributed by atoms with van der Waals surface area (Å²) in [5, 5.41) is 29.0. The van der Waals surface area contributed by atoms with E-state index in [1.54, 1.807) is 6.08 Å². The van der Waals surface area contributed by atoms with Crippen LogP contribution in [-0.2, 0) is 9.53 Å². The van der Waals surface area contributed by atoms with Crippen LogP contribution >= 0.6 is 0 Å². The van der Waals surface area contributed by atoms with Gasteiger partial charge in [0.2, 0.25) is 0 Å². The molecule has 5 heteroatoms. The number of allylic oxidation sites excluding steroid dienone is 1. The summed E-state index contributed by atoms with van der Waals surface area (Å²) in [6.07, 6.45) is 0.857. The maximum atomic E-state index is 11.5. The first-order chi connectivity index (χ1) is 8.06. The molecule has 1 aliphatic heterocycles. The van der Waals surface area contributed by atoms with Gasteiger partial charge in [0.05, 0.1) is 0 Å². The van der Waals surface area contributed by atoms with Crippen molar-refractivity contribution in [3.8, 4) is 0 Å². The molecule has 0 unspecified atom stereocenters. The summed E-state index contributed by atoms with van der Waals surface area (Å²) in [5.41, 5.74) is 0. The van der Waals surface area contributed by atoms with Crippen LogP contribution in [0.5, 0.6) is 0 Å². The maximum Gasteiger partial charge on any atom is 0.335 e. The first kappa shape index (κ1) is 14.2. The summed E-state index contributed by atoms with van der Waals surface area (Å²) >= 11 is 0. The summed E-state index contributed by atoms with van der Waals surface area (Å²) in [7, 11) is 0. The van der Waals surface area contributed by atoms with Crippen LogP contribution in [0.25, 0.3) is 0 Å². The van der Waals surface area contributed by atoms with Gasteiger partial charge in [-0.3, -0.25) is 0 Å². The molecule has 0 aromatic heterocycles. The number of aliphatic hydroxyl groups excluding tert-OH is 3. The van der Waals surface area contributed by atoms with Crippen molar-refractivity contribution in [3.05, 3.63) is 12.2 Å². The van der Waals surface area contributed by atoms with Crippen LogP contribution in [0.4, 0.5) is 0 Å². The van der Waals surface area contributed by atoms with Crippen molar-refractivity contribution in [2.24, 2.45) is 0 Å². The second-order valence-corrected chi connectivity index (χ2v) is 4.27. The van der Waals surface area contributed by atoms with E-state index >= 15 is 0 Å². The highest BCUT2D eigenvalue weighted by Gasteiger charge is 2.30. The summed E-state index contributed by atoms with van der Waals surface area (Å²) in [6, 6.07) is 0. The van der Waals surface area contributed by atoms with Gasteiger partial charge in [0, 0.05) is 0 Å². The second kappa shape index (κ2) is 6.74. The Morgan fingerprint density at radius 2 is 2.12 bits per heavy atom. The smallest absolute Gasteiger partial charge is 0.335 e. The number of ether oxygens (including phenoxy) is 1. The zero-order valence-corrected chi connectivity index (χ0v) is 9.95. The van der Waals surface area contributed by atoms with Gasteiger partial charge in [-0.2, -0.15) is 0 Å². The molecule has 0 bridgehead atoms. The fourth-order valence-corrected chi connectivity index (χ4v) is 1.75. The average Bonchev–Trinajstić information content (AvgIpc) is 2.31. The summed E-state index contributed by atoms with van der Waals surface area (Å²) in [4.78, 5) is 11.5. The van der Waals surface area contributed by atoms with Crippen molar-refractivity contribution in [1.29, 1.82) is 0 Å². The molecule has 0 aromatic rings. The average molecular weight is 244 g/mol. The van der Waals surface area contributed by atoms with E-state index in [-0.39, 0.29) is 6.42 Å². The minimum Gasteiger partial charge on any atom is -0.458 e. The molecular weight excluding hydrogens is 224 g/mol. The Balaban J connectivity index is 2.80. The third kappa shape index (κ3) is 4.11. The van der Waals surface area contributed by atoms with Crippen LogP contribution in [0.1, 0.15) is 32.6 Å². The molecule has 0 saturated carbocycles. The van der Waals surface area contributed by atoms with Gasteiger partial charge < -0.3 is 20.1 Å². The quantitative estimate of drug-likeness (QED) is 0.475. The zero-order chi connectivity index (χ0) is 12.8. The predicted molar refractivity (Wildman–Crippen MR) is 61.2 cm³/mol.